The van der Waals surface area contributed by atoms with Gasteiger partial charge < -0.3 is 14.6 Å². The number of ketones is 1. The lowest BCUT2D eigenvalue weighted by Crippen LogP contribution is -2.55. The number of carbonyl (C=O) groups excluding carboxylic acids is 3. The van der Waals surface area contributed by atoms with Crippen molar-refractivity contribution in [2.45, 2.75) is 38.1 Å². The van der Waals surface area contributed by atoms with Crippen LogP contribution in [0, 0.1) is 22.0 Å². The van der Waals surface area contributed by atoms with Gasteiger partial charge in [0.15, 0.2) is 5.78 Å². The van der Waals surface area contributed by atoms with Crippen LogP contribution in [0.5, 0.6) is 0 Å². The monoisotopic (exact) mass is 517 g/mol. The highest BCUT2D eigenvalue weighted by Gasteiger charge is 2.57. The van der Waals surface area contributed by atoms with Crippen molar-refractivity contribution in [3.63, 3.8) is 0 Å². The lowest BCUT2D eigenvalue weighted by molar-refractivity contribution is -0.384. The molecule has 0 bridgehead atoms. The molecule has 38 heavy (non-hydrogen) atoms. The number of nitrogens with zero attached hydrogens (tertiary/aromatic N) is 1. The molecule has 1 saturated carbocycles. The fourth-order valence-electron chi connectivity index (χ4n) is 4.87. The number of esters is 2. The molecule has 9 nitrogen and oxygen atoms in total. The predicted molar refractivity (Wildman–Crippen MR) is 136 cm³/mol. The fraction of sp³-hybridized carbons (Fsp3) is 0.276. The van der Waals surface area contributed by atoms with Gasteiger partial charge in [0.2, 0.25) is 0 Å². The van der Waals surface area contributed by atoms with E-state index in [1.54, 1.807) is 48.5 Å². The Bertz CT molecular complexity index is 1310. The van der Waals surface area contributed by atoms with E-state index in [2.05, 4.69) is 0 Å². The van der Waals surface area contributed by atoms with Crippen molar-refractivity contribution in [3.05, 3.63) is 112 Å². The second kappa shape index (κ2) is 11.4. The summed E-state index contributed by atoms with van der Waals surface area (Å²) in [6.07, 6.45) is -0.466. The summed E-state index contributed by atoms with van der Waals surface area (Å²) in [6.45, 7) is 1.19. The van der Waals surface area contributed by atoms with E-state index in [4.69, 9.17) is 9.47 Å². The van der Waals surface area contributed by atoms with E-state index in [-0.39, 0.29) is 18.9 Å². The number of non-ortho nitro benzene ring substituents is 1. The maximum atomic E-state index is 13.4. The molecule has 1 aliphatic rings. The van der Waals surface area contributed by atoms with Crippen molar-refractivity contribution < 1.29 is 33.9 Å². The maximum Gasteiger partial charge on any atom is 0.317 e. The molecule has 0 heterocycles. The summed E-state index contributed by atoms with van der Waals surface area (Å²) >= 11 is 0. The van der Waals surface area contributed by atoms with Crippen molar-refractivity contribution in [3.8, 4) is 0 Å². The summed E-state index contributed by atoms with van der Waals surface area (Å²) in [5, 5.41) is 22.5. The van der Waals surface area contributed by atoms with Gasteiger partial charge in [-0.3, -0.25) is 24.5 Å². The number of nitro benzene ring substituents is 1. The Hall–Kier alpha value is -4.37. The quantitative estimate of drug-likeness (QED) is 0.204. The van der Waals surface area contributed by atoms with Crippen molar-refractivity contribution in [1.29, 1.82) is 0 Å². The van der Waals surface area contributed by atoms with Gasteiger partial charge in [0.1, 0.15) is 19.1 Å². The molecule has 1 aliphatic carbocycles. The van der Waals surface area contributed by atoms with Crippen LogP contribution in [0.25, 0.3) is 0 Å². The number of hydrogen-bond donors (Lipinski definition) is 1. The zero-order valence-corrected chi connectivity index (χ0v) is 20.7. The minimum atomic E-state index is -1.84. The van der Waals surface area contributed by atoms with Crippen molar-refractivity contribution in [2.75, 3.05) is 0 Å². The first-order valence-electron chi connectivity index (χ1n) is 12.1. The number of nitro groups is 1. The van der Waals surface area contributed by atoms with Crippen LogP contribution in [0.4, 0.5) is 5.69 Å². The van der Waals surface area contributed by atoms with Crippen LogP contribution in [0.2, 0.25) is 0 Å². The number of Topliss-reactive ketones (excluding diaryl/α,β-unsaturated/α-hetero) is 1. The Kier molecular flexibility index (Phi) is 7.97. The summed E-state index contributed by atoms with van der Waals surface area (Å²) in [5.41, 5.74) is -0.311. The number of rotatable bonds is 8. The normalized spacial score (nSPS) is 22.9. The standard InChI is InChI=1S/C29H27NO8/c1-29(34)16-23(31)25(27(32)37-17-19-8-4-2-5-9-19)24(21-12-14-22(15-13-21)30(35)36)26(29)28(33)38-18-20-10-6-3-7-11-20/h2-15,24-26,34H,16-18H2,1H3/t24-,25+,26-,29+/m1/s1. The van der Waals surface area contributed by atoms with E-state index in [9.17, 15) is 29.6 Å². The van der Waals surface area contributed by atoms with Gasteiger partial charge in [-0.15, -0.1) is 0 Å². The second-order valence-electron chi connectivity index (χ2n) is 9.52. The summed E-state index contributed by atoms with van der Waals surface area (Å²) in [4.78, 5) is 50.6. The molecular formula is C29H27NO8. The van der Waals surface area contributed by atoms with Crippen LogP contribution < -0.4 is 0 Å². The van der Waals surface area contributed by atoms with Crippen LogP contribution in [0.15, 0.2) is 84.9 Å². The van der Waals surface area contributed by atoms with Crippen molar-refractivity contribution in [1.82, 2.24) is 0 Å². The number of benzene rings is 3. The molecule has 3 aromatic rings. The Morgan fingerprint density at radius 3 is 1.89 bits per heavy atom. The largest absolute Gasteiger partial charge is 0.461 e. The summed E-state index contributed by atoms with van der Waals surface area (Å²) in [7, 11) is 0. The molecule has 3 aromatic carbocycles. The molecule has 0 unspecified atom stereocenters. The van der Waals surface area contributed by atoms with Gasteiger partial charge in [-0.2, -0.15) is 0 Å². The average Bonchev–Trinajstić information content (AvgIpc) is 2.90. The van der Waals surface area contributed by atoms with Crippen molar-refractivity contribution in [2.24, 2.45) is 11.8 Å². The summed E-state index contributed by atoms with van der Waals surface area (Å²) in [6, 6.07) is 23.1. The van der Waals surface area contributed by atoms with Gasteiger partial charge in [-0.25, -0.2) is 0 Å². The highest BCUT2D eigenvalue weighted by atomic mass is 16.6. The average molecular weight is 518 g/mol. The van der Waals surface area contributed by atoms with Gasteiger partial charge in [0, 0.05) is 24.5 Å². The molecule has 0 radical (unpaired) electrons. The van der Waals surface area contributed by atoms with Crippen LogP contribution in [0.3, 0.4) is 0 Å². The van der Waals surface area contributed by atoms with E-state index in [0.717, 1.165) is 5.56 Å². The first-order chi connectivity index (χ1) is 18.2. The van der Waals surface area contributed by atoms with Gasteiger partial charge in [-0.1, -0.05) is 72.8 Å². The molecule has 1 fully saturated rings. The Labute approximate surface area is 219 Å². The number of carbonyl (C=O) groups is 3. The minimum absolute atomic E-state index is 0.0731. The Morgan fingerprint density at radius 1 is 0.895 bits per heavy atom. The molecule has 0 spiro atoms. The molecule has 9 heteroatoms. The Morgan fingerprint density at radius 2 is 1.39 bits per heavy atom. The molecule has 1 N–H and O–H groups in total. The van der Waals surface area contributed by atoms with Crippen LogP contribution in [-0.2, 0) is 37.1 Å². The van der Waals surface area contributed by atoms with Gasteiger partial charge >= 0.3 is 11.9 Å². The Balaban J connectivity index is 1.68. The molecule has 4 rings (SSSR count). The molecule has 0 amide bonds. The fourth-order valence-corrected chi connectivity index (χ4v) is 4.87. The topological polar surface area (TPSA) is 133 Å². The third-order valence-corrected chi connectivity index (χ3v) is 6.71. The third kappa shape index (κ3) is 5.95. The molecule has 4 atom stereocenters. The number of hydrogen-bond acceptors (Lipinski definition) is 8. The van der Waals surface area contributed by atoms with Crippen molar-refractivity contribution >= 4 is 23.4 Å². The van der Waals surface area contributed by atoms with E-state index < -0.39 is 52.4 Å². The van der Waals surface area contributed by atoms with E-state index in [1.807, 2.05) is 12.1 Å². The van der Waals surface area contributed by atoms with E-state index >= 15 is 0 Å². The molecule has 196 valence electrons. The summed E-state index contributed by atoms with van der Waals surface area (Å²) in [5.74, 6) is -6.15. The lowest BCUT2D eigenvalue weighted by atomic mass is 9.61. The first kappa shape index (κ1) is 26.7. The highest BCUT2D eigenvalue weighted by Crippen LogP contribution is 2.47. The predicted octanol–water partition coefficient (Wildman–Crippen LogP) is 4.12. The molecule has 0 aliphatic heterocycles. The first-order valence-corrected chi connectivity index (χ1v) is 12.1. The van der Waals surface area contributed by atoms with Crippen LogP contribution >= 0.6 is 0 Å². The summed E-state index contributed by atoms with van der Waals surface area (Å²) < 4.78 is 11.0. The minimum Gasteiger partial charge on any atom is -0.461 e. The highest BCUT2D eigenvalue weighted by molar-refractivity contribution is 6.02. The van der Waals surface area contributed by atoms with Crippen LogP contribution in [-0.4, -0.2) is 33.4 Å². The number of ether oxygens (including phenoxy) is 2. The van der Waals surface area contributed by atoms with Gasteiger partial charge in [-0.05, 0) is 23.6 Å². The van der Waals surface area contributed by atoms with E-state index in [1.165, 1.54) is 31.2 Å². The smallest absolute Gasteiger partial charge is 0.317 e. The third-order valence-electron chi connectivity index (χ3n) is 6.71. The lowest BCUT2D eigenvalue weighted by Gasteiger charge is -2.43. The van der Waals surface area contributed by atoms with Gasteiger partial charge in [0.05, 0.1) is 16.4 Å². The molecule has 0 aromatic heterocycles. The van der Waals surface area contributed by atoms with E-state index in [0.29, 0.717) is 11.1 Å². The zero-order valence-electron chi connectivity index (χ0n) is 20.7. The molecular weight excluding hydrogens is 490 g/mol. The molecule has 0 saturated heterocycles. The zero-order chi connectivity index (χ0) is 27.3. The number of aliphatic hydroxyl groups is 1. The maximum absolute atomic E-state index is 13.4. The SMILES string of the molecule is C[C@]1(O)CC(=O)[C@H](C(=O)OCc2ccccc2)[C@@H](c2ccc([N+](=O)[O-])cc2)[C@@H]1C(=O)OCc1ccccc1. The van der Waals surface area contributed by atoms with Crippen LogP contribution in [0.1, 0.15) is 36.0 Å². The second-order valence-corrected chi connectivity index (χ2v) is 9.52. The van der Waals surface area contributed by atoms with Gasteiger partial charge in [0.25, 0.3) is 5.69 Å².